The lowest BCUT2D eigenvalue weighted by Crippen LogP contribution is -2.30. The maximum absolute atomic E-state index is 12.1. The predicted molar refractivity (Wildman–Crippen MR) is 91.7 cm³/mol. The minimum Gasteiger partial charge on any atom is -0.346 e. The van der Waals surface area contributed by atoms with Crippen LogP contribution in [0.4, 0.5) is 0 Å². The third-order valence-electron chi connectivity index (χ3n) is 4.01. The number of aryl methyl sites for hydroxylation is 1. The molecule has 6 nitrogen and oxygen atoms in total. The summed E-state index contributed by atoms with van der Waals surface area (Å²) in [7, 11) is 0. The highest BCUT2D eigenvalue weighted by atomic mass is 32.2. The van der Waals surface area contributed by atoms with Crippen molar-refractivity contribution >= 4 is 29.0 Å². The van der Waals surface area contributed by atoms with Gasteiger partial charge in [-0.1, -0.05) is 24.6 Å². The molecule has 3 rings (SSSR count). The normalized spacial score (nSPS) is 16.6. The van der Waals surface area contributed by atoms with Gasteiger partial charge in [0.25, 0.3) is 0 Å². The van der Waals surface area contributed by atoms with Crippen LogP contribution in [0, 0.1) is 6.92 Å². The van der Waals surface area contributed by atoms with E-state index in [1.807, 2.05) is 19.2 Å². The summed E-state index contributed by atoms with van der Waals surface area (Å²) < 4.78 is 3.06. The van der Waals surface area contributed by atoms with Crippen LogP contribution in [-0.4, -0.2) is 31.4 Å². The van der Waals surface area contributed by atoms with Gasteiger partial charge in [-0.3, -0.25) is 4.79 Å². The summed E-state index contributed by atoms with van der Waals surface area (Å²) in [4.78, 5) is 16.5. The average Bonchev–Trinajstić information content (AvgIpc) is 3.25. The number of nitrogens with one attached hydrogen (secondary N) is 1. The first-order valence-corrected chi connectivity index (χ1v) is 9.73. The average molecular weight is 352 g/mol. The molecule has 0 saturated heterocycles. The van der Waals surface area contributed by atoms with Crippen LogP contribution >= 0.6 is 23.1 Å². The molecule has 0 aromatic carbocycles. The lowest BCUT2D eigenvalue weighted by atomic mass is 10.2. The summed E-state index contributed by atoms with van der Waals surface area (Å²) in [6.07, 6.45) is 6.65. The fourth-order valence-corrected chi connectivity index (χ4v) is 4.56. The summed E-state index contributed by atoms with van der Waals surface area (Å²) in [6.45, 7) is 3.92. The van der Waals surface area contributed by atoms with Crippen LogP contribution in [0.25, 0.3) is 0 Å². The van der Waals surface area contributed by atoms with Crippen LogP contribution in [-0.2, 0) is 4.79 Å². The Morgan fingerprint density at radius 2 is 2.30 bits per heavy atom. The number of hydrogen-bond acceptors (Lipinski definition) is 6. The smallest absolute Gasteiger partial charge is 0.231 e. The van der Waals surface area contributed by atoms with Crippen molar-refractivity contribution in [3.63, 3.8) is 0 Å². The van der Waals surface area contributed by atoms with E-state index < -0.39 is 0 Å². The molecule has 1 atom stereocenters. The van der Waals surface area contributed by atoms with E-state index >= 15 is 0 Å². The Hall–Kier alpha value is -1.41. The van der Waals surface area contributed by atoms with Gasteiger partial charge >= 0.3 is 0 Å². The topological polar surface area (TPSA) is 72.7 Å². The highest BCUT2D eigenvalue weighted by Gasteiger charge is 2.23. The maximum Gasteiger partial charge on any atom is 0.231 e. The van der Waals surface area contributed by atoms with Gasteiger partial charge in [-0.15, -0.1) is 21.5 Å². The van der Waals surface area contributed by atoms with Crippen molar-refractivity contribution in [2.75, 3.05) is 5.75 Å². The van der Waals surface area contributed by atoms with Crippen molar-refractivity contribution in [3.8, 4) is 0 Å². The Balaban J connectivity index is 1.55. The lowest BCUT2D eigenvalue weighted by molar-refractivity contribution is -0.119. The SMILES string of the molecule is Cc1csc(SCC(=O)NC(C)c2nncn2C2CCCC2)n1. The number of amides is 1. The second-order valence-electron chi connectivity index (χ2n) is 5.87. The quantitative estimate of drug-likeness (QED) is 0.810. The van der Waals surface area contributed by atoms with E-state index in [9.17, 15) is 4.79 Å². The highest BCUT2D eigenvalue weighted by molar-refractivity contribution is 8.01. The van der Waals surface area contributed by atoms with Crippen LogP contribution in [0.2, 0.25) is 0 Å². The second-order valence-corrected chi connectivity index (χ2v) is 7.95. The van der Waals surface area contributed by atoms with Crippen molar-refractivity contribution in [1.29, 1.82) is 0 Å². The minimum atomic E-state index is -0.135. The number of carbonyl (C=O) groups is 1. The molecular formula is C15H21N5OS2. The number of rotatable bonds is 6. The molecule has 0 bridgehead atoms. The molecule has 2 aromatic heterocycles. The summed E-state index contributed by atoms with van der Waals surface area (Å²) in [5.41, 5.74) is 0.996. The molecule has 1 aliphatic carbocycles. The Kier molecular flexibility index (Phi) is 5.32. The first-order valence-electron chi connectivity index (χ1n) is 7.87. The van der Waals surface area contributed by atoms with Crippen LogP contribution in [0.1, 0.15) is 56.2 Å². The molecule has 0 radical (unpaired) electrons. The van der Waals surface area contributed by atoms with E-state index in [1.165, 1.54) is 37.4 Å². The zero-order valence-corrected chi connectivity index (χ0v) is 15.0. The largest absolute Gasteiger partial charge is 0.346 e. The van der Waals surface area contributed by atoms with Crippen molar-refractivity contribution < 1.29 is 4.79 Å². The molecule has 2 heterocycles. The van der Waals surface area contributed by atoms with Crippen molar-refractivity contribution in [3.05, 3.63) is 23.2 Å². The Morgan fingerprint density at radius 3 is 3.00 bits per heavy atom. The van der Waals surface area contributed by atoms with Crippen molar-refractivity contribution in [1.82, 2.24) is 25.1 Å². The minimum absolute atomic E-state index is 0.00340. The summed E-state index contributed by atoms with van der Waals surface area (Å²) >= 11 is 3.04. The molecule has 0 aliphatic heterocycles. The van der Waals surface area contributed by atoms with E-state index in [4.69, 9.17) is 0 Å². The molecule has 1 saturated carbocycles. The molecule has 23 heavy (non-hydrogen) atoms. The van der Waals surface area contributed by atoms with Crippen LogP contribution in [0.15, 0.2) is 16.0 Å². The number of nitrogens with zero attached hydrogens (tertiary/aromatic N) is 4. The standard InChI is InChI=1S/C15H21N5OS2/c1-10-7-22-15(17-10)23-8-13(21)18-11(2)14-19-16-9-20(14)12-5-3-4-6-12/h7,9,11-12H,3-6,8H2,1-2H3,(H,18,21). The van der Waals surface area contributed by atoms with Crippen molar-refractivity contribution in [2.24, 2.45) is 0 Å². The van der Waals surface area contributed by atoms with Gasteiger partial charge in [-0.2, -0.15) is 0 Å². The maximum atomic E-state index is 12.1. The number of thioether (sulfide) groups is 1. The molecular weight excluding hydrogens is 330 g/mol. The van der Waals surface area contributed by atoms with E-state index in [1.54, 1.807) is 17.7 Å². The molecule has 124 valence electrons. The molecule has 8 heteroatoms. The Morgan fingerprint density at radius 1 is 1.52 bits per heavy atom. The van der Waals surface area contributed by atoms with Gasteiger partial charge in [0.15, 0.2) is 10.2 Å². The van der Waals surface area contributed by atoms with Gasteiger partial charge in [-0.25, -0.2) is 4.98 Å². The van der Waals surface area contributed by atoms with Gasteiger partial charge < -0.3 is 9.88 Å². The monoisotopic (exact) mass is 351 g/mol. The number of thiazole rings is 1. The van der Waals surface area contributed by atoms with Gasteiger partial charge in [0.05, 0.1) is 11.8 Å². The molecule has 1 fully saturated rings. The Labute approximate surface area is 144 Å². The van der Waals surface area contributed by atoms with Crippen LogP contribution in [0.3, 0.4) is 0 Å². The van der Waals surface area contributed by atoms with Crippen molar-refractivity contribution in [2.45, 2.75) is 56.0 Å². The second kappa shape index (κ2) is 7.44. The molecule has 1 aliphatic rings. The number of aromatic nitrogens is 4. The predicted octanol–water partition coefficient (Wildman–Crippen LogP) is 3.13. The number of hydrogen-bond donors (Lipinski definition) is 1. The van der Waals surface area contributed by atoms with E-state index in [2.05, 4.69) is 25.1 Å². The zero-order chi connectivity index (χ0) is 16.2. The summed E-state index contributed by atoms with van der Waals surface area (Å²) in [6, 6.07) is 0.344. The van der Waals surface area contributed by atoms with E-state index in [-0.39, 0.29) is 11.9 Å². The molecule has 2 aromatic rings. The molecule has 1 amide bonds. The van der Waals surface area contributed by atoms with E-state index in [0.717, 1.165) is 15.9 Å². The molecule has 1 unspecified atom stereocenters. The first kappa shape index (κ1) is 16.4. The summed E-state index contributed by atoms with van der Waals surface area (Å²) in [5, 5.41) is 13.3. The summed E-state index contributed by atoms with van der Waals surface area (Å²) in [5.74, 6) is 1.21. The Bertz CT molecular complexity index is 662. The zero-order valence-electron chi connectivity index (χ0n) is 13.4. The first-order chi connectivity index (χ1) is 11.1. The fraction of sp³-hybridized carbons (Fsp3) is 0.600. The third-order valence-corrected chi connectivity index (χ3v) is 6.15. The van der Waals surface area contributed by atoms with Gasteiger partial charge in [-0.05, 0) is 26.7 Å². The lowest BCUT2D eigenvalue weighted by Gasteiger charge is -2.18. The van der Waals surface area contributed by atoms with Crippen LogP contribution < -0.4 is 5.32 Å². The van der Waals surface area contributed by atoms with E-state index in [0.29, 0.717) is 11.8 Å². The van der Waals surface area contributed by atoms with Gasteiger partial charge in [0.1, 0.15) is 6.33 Å². The number of carbonyl (C=O) groups excluding carboxylic acids is 1. The van der Waals surface area contributed by atoms with Crippen LogP contribution in [0.5, 0.6) is 0 Å². The highest BCUT2D eigenvalue weighted by Crippen LogP contribution is 2.31. The molecule has 0 spiro atoms. The van der Waals surface area contributed by atoms with Gasteiger partial charge in [0.2, 0.25) is 5.91 Å². The molecule has 1 N–H and O–H groups in total. The van der Waals surface area contributed by atoms with Gasteiger partial charge in [0, 0.05) is 17.1 Å². The fourth-order valence-electron chi connectivity index (χ4n) is 2.90. The third kappa shape index (κ3) is 4.11.